The van der Waals surface area contributed by atoms with E-state index >= 15 is 0 Å². The van der Waals surface area contributed by atoms with Gasteiger partial charge in [0.25, 0.3) is 5.91 Å². The minimum absolute atomic E-state index is 0.0871. The van der Waals surface area contributed by atoms with Crippen LogP contribution in [0.15, 0.2) is 6.07 Å². The van der Waals surface area contributed by atoms with Gasteiger partial charge in [-0.1, -0.05) is 12.8 Å². The monoisotopic (exact) mass is 327 g/mol. The van der Waals surface area contributed by atoms with Crippen LogP contribution in [0.25, 0.3) is 0 Å². The number of amides is 1. The lowest BCUT2D eigenvalue weighted by Crippen LogP contribution is -2.35. The molecule has 4 nitrogen and oxygen atoms in total. The highest BCUT2D eigenvalue weighted by molar-refractivity contribution is 7.91. The predicted molar refractivity (Wildman–Crippen MR) is 84.7 cm³/mol. The van der Waals surface area contributed by atoms with Crippen molar-refractivity contribution < 1.29 is 13.2 Å². The number of rotatable bonds is 2. The lowest BCUT2D eigenvalue weighted by Gasteiger charge is -2.09. The summed E-state index contributed by atoms with van der Waals surface area (Å²) < 4.78 is 22.9. The summed E-state index contributed by atoms with van der Waals surface area (Å²) in [7, 11) is -2.95. The van der Waals surface area contributed by atoms with Gasteiger partial charge in [-0.3, -0.25) is 4.79 Å². The van der Waals surface area contributed by atoms with Gasteiger partial charge < -0.3 is 5.32 Å². The maximum Gasteiger partial charge on any atom is 0.261 e. The van der Waals surface area contributed by atoms with E-state index < -0.39 is 9.84 Å². The van der Waals surface area contributed by atoms with Gasteiger partial charge in [-0.2, -0.15) is 0 Å². The number of fused-ring (bicyclic) bond motifs is 1. The number of aryl methyl sites for hydroxylation is 2. The standard InChI is InChI=1S/C15H21NO3S2/c17-15(16-12-7-8-21(18,19)10-12)14-9-11-5-3-1-2-4-6-13(11)20-14/h9,12H,1-8,10H2,(H,16,17)/t12-/m1/s1. The van der Waals surface area contributed by atoms with E-state index in [2.05, 4.69) is 5.32 Å². The topological polar surface area (TPSA) is 63.2 Å². The summed E-state index contributed by atoms with van der Waals surface area (Å²) in [6.07, 6.45) is 7.64. The van der Waals surface area contributed by atoms with Crippen molar-refractivity contribution in [2.75, 3.05) is 11.5 Å². The van der Waals surface area contributed by atoms with Gasteiger partial charge in [-0.15, -0.1) is 11.3 Å². The van der Waals surface area contributed by atoms with Gasteiger partial charge in [0.15, 0.2) is 9.84 Å². The SMILES string of the molecule is O=C(N[C@@H]1CCS(=O)(=O)C1)c1cc2c(s1)CCCCCC2. The smallest absolute Gasteiger partial charge is 0.261 e. The van der Waals surface area contributed by atoms with Crippen LogP contribution in [-0.4, -0.2) is 31.9 Å². The minimum atomic E-state index is -2.95. The average molecular weight is 327 g/mol. The molecule has 0 saturated carbocycles. The predicted octanol–water partition coefficient (Wildman–Crippen LogP) is 2.32. The summed E-state index contributed by atoms with van der Waals surface area (Å²) in [5.41, 5.74) is 1.32. The van der Waals surface area contributed by atoms with Crippen LogP contribution in [0.1, 0.15) is 52.2 Å². The molecule has 0 unspecified atom stereocenters. The van der Waals surface area contributed by atoms with Gasteiger partial charge in [0.2, 0.25) is 0 Å². The molecule has 2 heterocycles. The molecule has 1 aromatic heterocycles. The molecule has 1 aromatic rings. The third-order valence-corrected chi connectivity index (χ3v) is 7.29. The summed E-state index contributed by atoms with van der Waals surface area (Å²) >= 11 is 1.59. The Morgan fingerprint density at radius 2 is 1.95 bits per heavy atom. The second kappa shape index (κ2) is 6.08. The van der Waals surface area contributed by atoms with Crippen LogP contribution in [0.4, 0.5) is 0 Å². The molecule has 2 aliphatic rings. The largest absolute Gasteiger partial charge is 0.348 e. The van der Waals surface area contributed by atoms with Crippen LogP contribution >= 0.6 is 11.3 Å². The quantitative estimate of drug-likeness (QED) is 0.907. The molecule has 1 aliphatic carbocycles. The average Bonchev–Trinajstić information content (AvgIpc) is 2.93. The maximum absolute atomic E-state index is 12.3. The Bertz CT molecular complexity index is 608. The molecular weight excluding hydrogens is 306 g/mol. The molecule has 116 valence electrons. The molecule has 0 radical (unpaired) electrons. The highest BCUT2D eigenvalue weighted by atomic mass is 32.2. The van der Waals surface area contributed by atoms with Crippen LogP contribution < -0.4 is 5.32 Å². The fourth-order valence-electron chi connectivity index (χ4n) is 3.12. The lowest BCUT2D eigenvalue weighted by molar-refractivity contribution is 0.0945. The van der Waals surface area contributed by atoms with Crippen LogP contribution in [0, 0.1) is 0 Å². The van der Waals surface area contributed by atoms with E-state index in [1.165, 1.54) is 36.1 Å². The highest BCUT2D eigenvalue weighted by Crippen LogP contribution is 2.28. The molecule has 0 spiro atoms. The molecule has 1 aliphatic heterocycles. The molecule has 1 fully saturated rings. The number of sulfone groups is 1. The molecule has 3 rings (SSSR count). The van der Waals surface area contributed by atoms with Crippen molar-refractivity contribution >= 4 is 27.1 Å². The highest BCUT2D eigenvalue weighted by Gasteiger charge is 2.29. The molecule has 0 aromatic carbocycles. The Kier molecular flexibility index (Phi) is 4.36. The Hall–Kier alpha value is -0.880. The van der Waals surface area contributed by atoms with E-state index in [1.54, 1.807) is 11.3 Å². The zero-order chi connectivity index (χ0) is 14.9. The first kappa shape index (κ1) is 15.0. The van der Waals surface area contributed by atoms with Crippen molar-refractivity contribution in [3.05, 3.63) is 21.4 Å². The lowest BCUT2D eigenvalue weighted by atomic mass is 10.00. The van der Waals surface area contributed by atoms with E-state index in [4.69, 9.17) is 0 Å². The number of hydrogen-bond donors (Lipinski definition) is 1. The summed E-state index contributed by atoms with van der Waals surface area (Å²) in [6, 6.07) is 1.80. The van der Waals surface area contributed by atoms with Crippen molar-refractivity contribution in [2.24, 2.45) is 0 Å². The molecule has 1 saturated heterocycles. The number of hydrogen-bond acceptors (Lipinski definition) is 4. The first-order valence-electron chi connectivity index (χ1n) is 7.66. The van der Waals surface area contributed by atoms with Crippen molar-refractivity contribution in [3.8, 4) is 0 Å². The van der Waals surface area contributed by atoms with Gasteiger partial charge in [-0.25, -0.2) is 8.42 Å². The van der Waals surface area contributed by atoms with Crippen LogP contribution in [0.3, 0.4) is 0 Å². The minimum Gasteiger partial charge on any atom is -0.348 e. The number of thiophene rings is 1. The summed E-state index contributed by atoms with van der Waals surface area (Å²) in [6.45, 7) is 0. The van der Waals surface area contributed by atoms with Gasteiger partial charge >= 0.3 is 0 Å². The molecule has 6 heteroatoms. The fourth-order valence-corrected chi connectivity index (χ4v) is 5.95. The second-order valence-corrected chi connectivity index (χ2v) is 9.41. The Morgan fingerprint density at radius 1 is 1.19 bits per heavy atom. The first-order chi connectivity index (χ1) is 10.0. The zero-order valence-electron chi connectivity index (χ0n) is 12.1. The van der Waals surface area contributed by atoms with Crippen LogP contribution in [0.5, 0.6) is 0 Å². The third-order valence-electron chi connectivity index (χ3n) is 4.29. The Morgan fingerprint density at radius 3 is 2.67 bits per heavy atom. The van der Waals surface area contributed by atoms with Crippen molar-refractivity contribution in [1.82, 2.24) is 5.32 Å². The van der Waals surface area contributed by atoms with E-state index in [1.807, 2.05) is 6.07 Å². The molecule has 21 heavy (non-hydrogen) atoms. The Labute approximate surface area is 129 Å². The maximum atomic E-state index is 12.3. The summed E-state index contributed by atoms with van der Waals surface area (Å²) in [4.78, 5) is 14.4. The summed E-state index contributed by atoms with van der Waals surface area (Å²) in [5, 5.41) is 2.88. The fraction of sp³-hybridized carbons (Fsp3) is 0.667. The van der Waals surface area contributed by atoms with Crippen molar-refractivity contribution in [1.29, 1.82) is 0 Å². The Balaban J connectivity index is 1.69. The zero-order valence-corrected chi connectivity index (χ0v) is 13.7. The van der Waals surface area contributed by atoms with E-state index in [0.717, 1.165) is 17.7 Å². The number of carbonyl (C=O) groups is 1. The van der Waals surface area contributed by atoms with Crippen LogP contribution in [-0.2, 0) is 22.7 Å². The van der Waals surface area contributed by atoms with E-state index in [9.17, 15) is 13.2 Å². The van der Waals surface area contributed by atoms with E-state index in [-0.39, 0.29) is 23.5 Å². The van der Waals surface area contributed by atoms with Gasteiger partial charge in [0.1, 0.15) is 0 Å². The summed E-state index contributed by atoms with van der Waals surface area (Å²) in [5.74, 6) is 0.178. The molecule has 1 atom stereocenters. The van der Waals surface area contributed by atoms with E-state index in [0.29, 0.717) is 6.42 Å². The van der Waals surface area contributed by atoms with Gasteiger partial charge in [0.05, 0.1) is 16.4 Å². The number of nitrogens with one attached hydrogen (secondary N) is 1. The number of carbonyl (C=O) groups excluding carboxylic acids is 1. The molecule has 1 N–H and O–H groups in total. The normalized spacial score (nSPS) is 24.9. The molecule has 0 bridgehead atoms. The van der Waals surface area contributed by atoms with Gasteiger partial charge in [0, 0.05) is 10.9 Å². The van der Waals surface area contributed by atoms with Gasteiger partial charge in [-0.05, 0) is 43.7 Å². The molecular formula is C15H21NO3S2. The molecule has 1 amide bonds. The first-order valence-corrected chi connectivity index (χ1v) is 10.3. The third kappa shape index (κ3) is 3.66. The van der Waals surface area contributed by atoms with Crippen molar-refractivity contribution in [3.63, 3.8) is 0 Å². The second-order valence-electron chi connectivity index (χ2n) is 6.05. The van der Waals surface area contributed by atoms with Crippen molar-refractivity contribution in [2.45, 2.75) is 51.0 Å². The van der Waals surface area contributed by atoms with Crippen LogP contribution in [0.2, 0.25) is 0 Å².